The molecule has 0 N–H and O–H groups in total. The molecular weight excluding hydrogens is 186 g/mol. The van der Waals surface area contributed by atoms with Gasteiger partial charge in [0.25, 0.3) is 0 Å². The highest BCUT2D eigenvalue weighted by Crippen LogP contribution is 2.14. The van der Waals surface area contributed by atoms with Crippen molar-refractivity contribution in [1.82, 2.24) is 0 Å². The monoisotopic (exact) mass is 191 g/mol. The average molecular weight is 192 g/mol. The molecule has 13 heavy (non-hydrogen) atoms. The van der Waals surface area contributed by atoms with Gasteiger partial charge in [0.15, 0.2) is 0 Å². The van der Waals surface area contributed by atoms with Crippen LogP contribution < -0.4 is 0 Å². The molecule has 0 spiro atoms. The maximum Gasteiger partial charge on any atom is 0.150 e. The van der Waals surface area contributed by atoms with E-state index in [4.69, 9.17) is 16.9 Å². The van der Waals surface area contributed by atoms with Gasteiger partial charge in [-0.25, -0.2) is 0 Å². The summed E-state index contributed by atoms with van der Waals surface area (Å²) in [4.78, 5) is 10.4. The Balaban J connectivity index is 3.09. The predicted molar refractivity (Wildman–Crippen MR) is 51.5 cm³/mol. The van der Waals surface area contributed by atoms with Crippen LogP contribution in [0.5, 0.6) is 0 Å². The Labute approximate surface area is 81.1 Å². The summed E-state index contributed by atoms with van der Waals surface area (Å²) in [6, 6.07) is 6.77. The molecule has 1 aromatic carbocycles. The highest BCUT2D eigenvalue weighted by molar-refractivity contribution is 6.31. The van der Waals surface area contributed by atoms with Crippen LogP contribution in [-0.4, -0.2) is 6.29 Å². The molecule has 1 rings (SSSR count). The maximum atomic E-state index is 10.4. The molecule has 2 nitrogen and oxygen atoms in total. The molecule has 64 valence electrons. The fraction of sp³-hybridized carbons (Fsp3) is 0. The van der Waals surface area contributed by atoms with Gasteiger partial charge in [-0.2, -0.15) is 5.26 Å². The van der Waals surface area contributed by atoms with Gasteiger partial charge in [0, 0.05) is 16.7 Å². The number of rotatable bonds is 2. The minimum Gasteiger partial charge on any atom is -0.298 e. The molecule has 0 atom stereocenters. The lowest BCUT2D eigenvalue weighted by atomic mass is 10.1. The summed E-state index contributed by atoms with van der Waals surface area (Å²) in [6.45, 7) is 0. The molecular formula is C10H6ClNO. The first kappa shape index (κ1) is 9.50. The van der Waals surface area contributed by atoms with Gasteiger partial charge in [-0.3, -0.25) is 4.79 Å². The second-order valence-electron chi connectivity index (χ2n) is 2.40. The standard InChI is InChI=1S/C10H6ClNO/c11-10-5-8(2-1-3-12)4-9(6-10)7-13/h1-2,4-7H. The number of hydrogen-bond donors (Lipinski definition) is 0. The summed E-state index contributed by atoms with van der Waals surface area (Å²) in [5.74, 6) is 0. The molecule has 0 unspecified atom stereocenters. The molecule has 0 bridgehead atoms. The first-order valence-electron chi connectivity index (χ1n) is 3.58. The largest absolute Gasteiger partial charge is 0.298 e. The van der Waals surface area contributed by atoms with Crippen molar-refractivity contribution in [1.29, 1.82) is 5.26 Å². The Hall–Kier alpha value is -1.59. The number of carbonyl (C=O) groups excluding carboxylic acids is 1. The number of nitriles is 1. The van der Waals surface area contributed by atoms with Crippen LogP contribution in [0, 0.1) is 11.3 Å². The Bertz CT molecular complexity index is 390. The first-order valence-corrected chi connectivity index (χ1v) is 3.96. The van der Waals surface area contributed by atoms with Crippen molar-refractivity contribution in [3.8, 4) is 6.07 Å². The Morgan fingerprint density at radius 1 is 1.31 bits per heavy atom. The third-order valence-electron chi connectivity index (χ3n) is 1.43. The minimum atomic E-state index is 0.488. The van der Waals surface area contributed by atoms with Crippen LogP contribution in [0.4, 0.5) is 0 Å². The number of carbonyl (C=O) groups is 1. The lowest BCUT2D eigenvalue weighted by molar-refractivity contribution is 0.112. The molecule has 3 heteroatoms. The first-order chi connectivity index (χ1) is 6.26. The number of nitrogens with zero attached hydrogens (tertiary/aromatic N) is 1. The minimum absolute atomic E-state index is 0.488. The molecule has 0 aliphatic carbocycles. The van der Waals surface area contributed by atoms with E-state index in [1.54, 1.807) is 24.3 Å². The lowest BCUT2D eigenvalue weighted by Crippen LogP contribution is -1.81. The number of benzene rings is 1. The predicted octanol–water partition coefficient (Wildman–Crippen LogP) is 2.69. The molecule has 0 heterocycles. The summed E-state index contributed by atoms with van der Waals surface area (Å²) < 4.78 is 0. The third-order valence-corrected chi connectivity index (χ3v) is 1.65. The van der Waals surface area contributed by atoms with Crippen molar-refractivity contribution in [2.75, 3.05) is 0 Å². The van der Waals surface area contributed by atoms with Crippen molar-refractivity contribution >= 4 is 24.0 Å². The summed E-state index contributed by atoms with van der Waals surface area (Å²) in [6.07, 6.45) is 3.65. The van der Waals surface area contributed by atoms with Gasteiger partial charge >= 0.3 is 0 Å². The molecule has 0 aromatic heterocycles. The van der Waals surface area contributed by atoms with Crippen LogP contribution in [-0.2, 0) is 0 Å². The molecule has 0 radical (unpaired) electrons. The summed E-state index contributed by atoms with van der Waals surface area (Å²) in [5, 5.41) is 8.77. The van der Waals surface area contributed by atoms with E-state index >= 15 is 0 Å². The van der Waals surface area contributed by atoms with Crippen LogP contribution in [0.1, 0.15) is 15.9 Å². The average Bonchev–Trinajstić information content (AvgIpc) is 2.14. The van der Waals surface area contributed by atoms with Crippen molar-refractivity contribution in [2.45, 2.75) is 0 Å². The van der Waals surface area contributed by atoms with Crippen LogP contribution in [0.25, 0.3) is 6.08 Å². The summed E-state index contributed by atoms with van der Waals surface area (Å²) >= 11 is 5.73. The molecule has 1 aromatic rings. The fourth-order valence-corrected chi connectivity index (χ4v) is 1.19. The van der Waals surface area contributed by atoms with E-state index in [1.807, 2.05) is 6.07 Å². The van der Waals surface area contributed by atoms with E-state index in [2.05, 4.69) is 0 Å². The molecule has 0 aliphatic heterocycles. The Morgan fingerprint density at radius 2 is 2.00 bits per heavy atom. The lowest BCUT2D eigenvalue weighted by Gasteiger charge is -1.96. The van der Waals surface area contributed by atoms with Crippen LogP contribution >= 0.6 is 11.6 Å². The van der Waals surface area contributed by atoms with Crippen molar-refractivity contribution < 1.29 is 4.79 Å². The number of hydrogen-bond acceptors (Lipinski definition) is 2. The second-order valence-corrected chi connectivity index (χ2v) is 2.83. The van der Waals surface area contributed by atoms with E-state index in [-0.39, 0.29) is 0 Å². The number of halogens is 1. The van der Waals surface area contributed by atoms with E-state index in [9.17, 15) is 4.79 Å². The van der Waals surface area contributed by atoms with Gasteiger partial charge in [0.05, 0.1) is 6.07 Å². The zero-order valence-corrected chi connectivity index (χ0v) is 7.45. The van der Waals surface area contributed by atoms with Crippen LogP contribution in [0.3, 0.4) is 0 Å². The fourth-order valence-electron chi connectivity index (χ4n) is 0.934. The second kappa shape index (κ2) is 4.44. The van der Waals surface area contributed by atoms with E-state index in [0.717, 1.165) is 11.8 Å². The van der Waals surface area contributed by atoms with Gasteiger partial charge in [0.1, 0.15) is 6.29 Å². The summed E-state index contributed by atoms with van der Waals surface area (Å²) in [7, 11) is 0. The van der Waals surface area contributed by atoms with Gasteiger partial charge in [-0.1, -0.05) is 11.6 Å². The van der Waals surface area contributed by atoms with Crippen LogP contribution in [0.2, 0.25) is 5.02 Å². The molecule has 0 fully saturated rings. The van der Waals surface area contributed by atoms with E-state index < -0.39 is 0 Å². The Morgan fingerprint density at radius 3 is 2.62 bits per heavy atom. The number of aldehydes is 1. The van der Waals surface area contributed by atoms with Crippen LogP contribution in [0.15, 0.2) is 24.3 Å². The Kier molecular flexibility index (Phi) is 3.24. The van der Waals surface area contributed by atoms with E-state index in [0.29, 0.717) is 10.6 Å². The number of allylic oxidation sites excluding steroid dienone is 1. The molecule has 0 aliphatic rings. The van der Waals surface area contributed by atoms with E-state index in [1.165, 1.54) is 6.08 Å². The van der Waals surface area contributed by atoms with Gasteiger partial charge < -0.3 is 0 Å². The van der Waals surface area contributed by atoms with Gasteiger partial charge in [-0.05, 0) is 29.8 Å². The van der Waals surface area contributed by atoms with Crippen molar-refractivity contribution in [3.05, 3.63) is 40.4 Å². The third kappa shape index (κ3) is 2.73. The van der Waals surface area contributed by atoms with Crippen molar-refractivity contribution in [3.63, 3.8) is 0 Å². The zero-order valence-electron chi connectivity index (χ0n) is 6.70. The SMILES string of the molecule is N#CC=Cc1cc(Cl)cc(C=O)c1. The maximum absolute atomic E-state index is 10.4. The molecule has 0 saturated carbocycles. The van der Waals surface area contributed by atoms with Gasteiger partial charge in [-0.15, -0.1) is 0 Å². The quantitative estimate of drug-likeness (QED) is 0.533. The molecule has 0 saturated heterocycles. The zero-order chi connectivity index (χ0) is 9.68. The van der Waals surface area contributed by atoms with Crippen molar-refractivity contribution in [2.24, 2.45) is 0 Å². The smallest absolute Gasteiger partial charge is 0.150 e. The van der Waals surface area contributed by atoms with Gasteiger partial charge in [0.2, 0.25) is 0 Å². The summed E-state index contributed by atoms with van der Waals surface area (Å²) in [5.41, 5.74) is 1.25. The molecule has 0 amide bonds. The topological polar surface area (TPSA) is 40.9 Å². The normalized spacial score (nSPS) is 9.85. The highest BCUT2D eigenvalue weighted by Gasteiger charge is 1.95. The highest BCUT2D eigenvalue weighted by atomic mass is 35.5.